The molecule has 3 rings (SSSR count). The topological polar surface area (TPSA) is 87.7 Å². The second-order valence-corrected chi connectivity index (χ2v) is 4.87. The molecule has 2 N–H and O–H groups in total. The molecule has 0 aliphatic carbocycles. The van der Waals surface area contributed by atoms with Gasteiger partial charge < -0.3 is 10.2 Å². The number of hydrogen-bond acceptors (Lipinski definition) is 6. The van der Waals surface area contributed by atoms with Crippen molar-refractivity contribution in [2.75, 3.05) is 12.0 Å². The number of halogens is 1. The van der Waals surface area contributed by atoms with E-state index in [9.17, 15) is 14.4 Å². The van der Waals surface area contributed by atoms with Crippen LogP contribution in [0.3, 0.4) is 0 Å². The standard InChI is InChI=1S/C13H10ClN3O4/c1-21-13(20)10-8-9(15-16-10)12(19)17(11(8)18)7-4-2-6(14)3-5-7/h2-5,9,15-16H,1H3. The van der Waals surface area contributed by atoms with Crippen LogP contribution in [-0.4, -0.2) is 30.9 Å². The number of carbonyl (C=O) groups excluding carboxylic acids is 3. The number of anilines is 1. The summed E-state index contributed by atoms with van der Waals surface area (Å²) < 4.78 is 4.58. The summed E-state index contributed by atoms with van der Waals surface area (Å²) in [5.41, 5.74) is 5.53. The fourth-order valence-electron chi connectivity index (χ4n) is 2.29. The Hall–Kier alpha value is -2.38. The Balaban J connectivity index is 2.04. The quantitative estimate of drug-likeness (QED) is 0.596. The number of imide groups is 1. The minimum absolute atomic E-state index is 0.0442. The van der Waals surface area contributed by atoms with E-state index >= 15 is 0 Å². The predicted octanol–water partition coefficient (Wildman–Crippen LogP) is 0.117. The summed E-state index contributed by atoms with van der Waals surface area (Å²) in [6.45, 7) is 0. The smallest absolute Gasteiger partial charge is 0.356 e. The molecule has 2 heterocycles. The average molecular weight is 308 g/mol. The number of hydrazine groups is 1. The van der Waals surface area contributed by atoms with Crippen LogP contribution in [0.2, 0.25) is 5.02 Å². The number of methoxy groups -OCH3 is 1. The van der Waals surface area contributed by atoms with Crippen LogP contribution in [0.5, 0.6) is 0 Å². The van der Waals surface area contributed by atoms with E-state index < -0.39 is 23.8 Å². The van der Waals surface area contributed by atoms with E-state index in [1.54, 1.807) is 24.3 Å². The van der Waals surface area contributed by atoms with Gasteiger partial charge in [0.2, 0.25) is 0 Å². The first-order valence-corrected chi connectivity index (χ1v) is 6.40. The lowest BCUT2D eigenvalue weighted by atomic mass is 10.1. The largest absolute Gasteiger partial charge is 0.464 e. The van der Waals surface area contributed by atoms with E-state index in [0.717, 1.165) is 4.90 Å². The summed E-state index contributed by atoms with van der Waals surface area (Å²) in [5.74, 6) is -1.74. The van der Waals surface area contributed by atoms with Gasteiger partial charge in [0.25, 0.3) is 11.8 Å². The molecule has 21 heavy (non-hydrogen) atoms. The van der Waals surface area contributed by atoms with E-state index in [0.29, 0.717) is 10.7 Å². The Morgan fingerprint density at radius 3 is 2.57 bits per heavy atom. The maximum Gasteiger partial charge on any atom is 0.356 e. The maximum absolute atomic E-state index is 12.4. The number of amides is 2. The maximum atomic E-state index is 12.4. The first-order chi connectivity index (χ1) is 10.0. The van der Waals surface area contributed by atoms with Crippen molar-refractivity contribution in [1.29, 1.82) is 0 Å². The Labute approximate surface area is 124 Å². The average Bonchev–Trinajstić information content (AvgIpc) is 3.01. The highest BCUT2D eigenvalue weighted by atomic mass is 35.5. The number of fused-ring (bicyclic) bond motifs is 1. The van der Waals surface area contributed by atoms with Gasteiger partial charge in [0.05, 0.1) is 18.4 Å². The molecule has 0 bridgehead atoms. The van der Waals surface area contributed by atoms with Gasteiger partial charge in [-0.05, 0) is 24.3 Å². The molecule has 1 unspecified atom stereocenters. The zero-order chi connectivity index (χ0) is 15.1. The van der Waals surface area contributed by atoms with Crippen molar-refractivity contribution < 1.29 is 19.1 Å². The summed E-state index contributed by atoms with van der Waals surface area (Å²) in [6.07, 6.45) is 0. The first-order valence-electron chi connectivity index (χ1n) is 6.02. The van der Waals surface area contributed by atoms with Crippen LogP contribution in [-0.2, 0) is 19.1 Å². The molecule has 2 aliphatic rings. The summed E-state index contributed by atoms with van der Waals surface area (Å²) in [7, 11) is 1.20. The second kappa shape index (κ2) is 4.87. The van der Waals surface area contributed by atoms with E-state index in [4.69, 9.17) is 11.6 Å². The van der Waals surface area contributed by atoms with Crippen LogP contribution < -0.4 is 15.8 Å². The van der Waals surface area contributed by atoms with E-state index in [2.05, 4.69) is 15.6 Å². The van der Waals surface area contributed by atoms with Gasteiger partial charge in [-0.3, -0.25) is 9.59 Å². The predicted molar refractivity (Wildman–Crippen MR) is 73.0 cm³/mol. The Morgan fingerprint density at radius 1 is 1.29 bits per heavy atom. The lowest BCUT2D eigenvalue weighted by molar-refractivity contribution is -0.137. The van der Waals surface area contributed by atoms with Gasteiger partial charge in [-0.25, -0.2) is 15.1 Å². The summed E-state index contributed by atoms with van der Waals surface area (Å²) in [5, 5.41) is 0.493. The van der Waals surface area contributed by atoms with Crippen molar-refractivity contribution in [3.05, 3.63) is 40.6 Å². The molecule has 0 aromatic heterocycles. The third kappa shape index (κ3) is 1.98. The van der Waals surface area contributed by atoms with Crippen LogP contribution in [0.25, 0.3) is 0 Å². The number of benzene rings is 1. The fourth-order valence-corrected chi connectivity index (χ4v) is 2.42. The number of rotatable bonds is 2. The number of carbonyl (C=O) groups is 3. The van der Waals surface area contributed by atoms with E-state index in [1.165, 1.54) is 7.11 Å². The highest BCUT2D eigenvalue weighted by molar-refractivity contribution is 6.33. The third-order valence-electron chi connectivity index (χ3n) is 3.27. The van der Waals surface area contributed by atoms with Gasteiger partial charge >= 0.3 is 5.97 Å². The summed E-state index contributed by atoms with van der Waals surface area (Å²) in [4.78, 5) is 37.4. The van der Waals surface area contributed by atoms with E-state index in [-0.39, 0.29) is 11.3 Å². The molecule has 108 valence electrons. The molecule has 1 aromatic carbocycles. The Kier molecular flexibility index (Phi) is 3.15. The third-order valence-corrected chi connectivity index (χ3v) is 3.53. The number of hydrogen-bond donors (Lipinski definition) is 2. The molecule has 0 spiro atoms. The second-order valence-electron chi connectivity index (χ2n) is 4.44. The van der Waals surface area contributed by atoms with Crippen molar-refractivity contribution in [2.24, 2.45) is 0 Å². The van der Waals surface area contributed by atoms with Gasteiger partial charge in [0.1, 0.15) is 11.7 Å². The Bertz CT molecular complexity index is 683. The monoisotopic (exact) mass is 307 g/mol. The van der Waals surface area contributed by atoms with E-state index in [1.807, 2.05) is 0 Å². The molecule has 0 radical (unpaired) electrons. The lowest BCUT2D eigenvalue weighted by Crippen LogP contribution is -2.42. The molecule has 7 nitrogen and oxygen atoms in total. The highest BCUT2D eigenvalue weighted by Gasteiger charge is 2.50. The molecular weight excluding hydrogens is 298 g/mol. The Morgan fingerprint density at radius 2 is 1.95 bits per heavy atom. The number of esters is 1. The minimum Gasteiger partial charge on any atom is -0.464 e. The van der Waals surface area contributed by atoms with Crippen molar-refractivity contribution in [3.8, 4) is 0 Å². The van der Waals surface area contributed by atoms with Gasteiger partial charge in [-0.1, -0.05) is 11.6 Å². The zero-order valence-electron chi connectivity index (χ0n) is 10.8. The van der Waals surface area contributed by atoms with Crippen LogP contribution in [0.1, 0.15) is 0 Å². The molecule has 1 aromatic rings. The number of ether oxygens (including phenoxy) is 1. The van der Waals surface area contributed by atoms with Gasteiger partial charge in [0, 0.05) is 5.02 Å². The minimum atomic E-state index is -0.901. The molecule has 0 saturated carbocycles. The van der Waals surface area contributed by atoms with Crippen molar-refractivity contribution >= 4 is 35.1 Å². The fraction of sp³-hybridized carbons (Fsp3) is 0.154. The number of nitrogens with zero attached hydrogens (tertiary/aromatic N) is 1. The lowest BCUT2D eigenvalue weighted by Gasteiger charge is -2.15. The molecular formula is C13H10ClN3O4. The molecule has 1 saturated heterocycles. The number of nitrogens with one attached hydrogen (secondary N) is 2. The van der Waals surface area contributed by atoms with Crippen molar-refractivity contribution in [1.82, 2.24) is 10.9 Å². The van der Waals surface area contributed by atoms with Crippen molar-refractivity contribution in [2.45, 2.75) is 6.04 Å². The highest BCUT2D eigenvalue weighted by Crippen LogP contribution is 2.30. The summed E-state index contributed by atoms with van der Waals surface area (Å²) >= 11 is 5.79. The molecule has 1 fully saturated rings. The van der Waals surface area contributed by atoms with Crippen LogP contribution in [0.4, 0.5) is 5.69 Å². The van der Waals surface area contributed by atoms with Gasteiger partial charge in [-0.15, -0.1) is 0 Å². The van der Waals surface area contributed by atoms with Crippen LogP contribution in [0.15, 0.2) is 35.5 Å². The summed E-state index contributed by atoms with van der Waals surface area (Å²) in [6, 6.07) is 5.37. The molecule has 2 amide bonds. The zero-order valence-corrected chi connectivity index (χ0v) is 11.6. The molecule has 2 aliphatic heterocycles. The normalized spacial score (nSPS) is 20.7. The SMILES string of the molecule is COC(=O)C1=C2C(=O)N(c3ccc(Cl)cc3)C(=O)C2NN1. The van der Waals surface area contributed by atoms with Crippen LogP contribution in [0, 0.1) is 0 Å². The first kappa shape index (κ1) is 13.6. The van der Waals surface area contributed by atoms with Gasteiger partial charge in [0.15, 0.2) is 0 Å². The van der Waals surface area contributed by atoms with Crippen LogP contribution >= 0.6 is 11.6 Å². The molecule has 8 heteroatoms. The molecule has 1 atom stereocenters. The van der Waals surface area contributed by atoms with Crippen molar-refractivity contribution in [3.63, 3.8) is 0 Å². The van der Waals surface area contributed by atoms with Gasteiger partial charge in [-0.2, -0.15) is 0 Å².